The minimum atomic E-state index is -0.133. The molecule has 1 saturated heterocycles. The molecule has 2 heteroatoms. The number of hydrogen-bond acceptors (Lipinski definition) is 2. The van der Waals surface area contributed by atoms with Crippen LogP contribution < -0.4 is 0 Å². The van der Waals surface area contributed by atoms with E-state index >= 15 is 0 Å². The number of aliphatic hydroxyl groups is 1. The zero-order valence-electron chi connectivity index (χ0n) is 7.55. The lowest BCUT2D eigenvalue weighted by molar-refractivity contribution is 0.160. The zero-order valence-corrected chi connectivity index (χ0v) is 7.55. The van der Waals surface area contributed by atoms with Crippen molar-refractivity contribution >= 4 is 0 Å². The fourth-order valence-electron chi connectivity index (χ4n) is 2.19. The third-order valence-electron chi connectivity index (χ3n) is 3.29. The summed E-state index contributed by atoms with van der Waals surface area (Å²) in [5.74, 6) is 0.622. The van der Waals surface area contributed by atoms with Crippen LogP contribution in [0.4, 0.5) is 0 Å². The quantitative estimate of drug-likeness (QED) is 0.500. The normalized spacial score (nSPS) is 45.2. The molecule has 1 saturated carbocycles. The van der Waals surface area contributed by atoms with Gasteiger partial charge in [-0.15, -0.1) is 0 Å². The van der Waals surface area contributed by atoms with Gasteiger partial charge in [-0.3, -0.25) is 0 Å². The van der Waals surface area contributed by atoms with E-state index in [4.69, 9.17) is 9.84 Å². The molecular formula is C10H16O2. The van der Waals surface area contributed by atoms with Crippen molar-refractivity contribution in [3.63, 3.8) is 0 Å². The van der Waals surface area contributed by atoms with E-state index in [9.17, 15) is 0 Å². The van der Waals surface area contributed by atoms with Crippen molar-refractivity contribution in [2.24, 2.45) is 5.92 Å². The molecule has 68 valence electrons. The monoisotopic (exact) mass is 168 g/mol. The minimum Gasteiger partial charge on any atom is -0.393 e. The Balaban J connectivity index is 1.96. The van der Waals surface area contributed by atoms with Crippen LogP contribution in [0, 0.1) is 5.92 Å². The van der Waals surface area contributed by atoms with Crippen molar-refractivity contribution in [2.75, 3.05) is 6.61 Å². The van der Waals surface area contributed by atoms with Gasteiger partial charge in [0, 0.05) is 0 Å². The predicted octanol–water partition coefficient (Wildman–Crippen LogP) is 1.49. The Kier molecular flexibility index (Phi) is 1.77. The third kappa shape index (κ3) is 1.10. The van der Waals surface area contributed by atoms with E-state index in [-0.39, 0.29) is 12.2 Å². The Labute approximate surface area is 73.2 Å². The number of rotatable bonds is 2. The van der Waals surface area contributed by atoms with Crippen LogP contribution in [0.1, 0.15) is 26.2 Å². The Morgan fingerprint density at radius 2 is 2.50 bits per heavy atom. The highest BCUT2D eigenvalue weighted by atomic mass is 16.6. The highest BCUT2D eigenvalue weighted by molar-refractivity contribution is 5.11. The van der Waals surface area contributed by atoms with E-state index in [0.29, 0.717) is 12.0 Å². The van der Waals surface area contributed by atoms with Crippen LogP contribution in [-0.2, 0) is 4.74 Å². The largest absolute Gasteiger partial charge is 0.393 e. The Morgan fingerprint density at radius 3 is 3.00 bits per heavy atom. The number of hydrogen-bond donors (Lipinski definition) is 1. The summed E-state index contributed by atoms with van der Waals surface area (Å²) in [4.78, 5) is 0. The van der Waals surface area contributed by atoms with Gasteiger partial charge in [0.1, 0.15) is 5.60 Å². The van der Waals surface area contributed by atoms with Gasteiger partial charge in [0.2, 0.25) is 0 Å². The number of fused-ring (bicyclic) bond motifs is 1. The standard InChI is InChI=1S/C10H16O2/c1-7(2)8-3-4-10(6-11)9(5-8)12-10/h8-9,11H,1,3-6H2,2H3/t8-,9?,10+/m0/s1. The van der Waals surface area contributed by atoms with Crippen LogP contribution in [0.3, 0.4) is 0 Å². The van der Waals surface area contributed by atoms with Crippen molar-refractivity contribution in [2.45, 2.75) is 37.9 Å². The SMILES string of the molecule is C=C(C)[C@H]1CC[C@]2(CO)OC2C1. The first kappa shape index (κ1) is 8.27. The first-order valence-electron chi connectivity index (χ1n) is 4.62. The van der Waals surface area contributed by atoms with Crippen LogP contribution >= 0.6 is 0 Å². The Bertz CT molecular complexity index is 212. The second-order valence-electron chi connectivity index (χ2n) is 4.15. The molecule has 0 aromatic heterocycles. The molecule has 3 atom stereocenters. The van der Waals surface area contributed by atoms with Gasteiger partial charge in [-0.25, -0.2) is 0 Å². The van der Waals surface area contributed by atoms with E-state index in [1.165, 1.54) is 5.57 Å². The predicted molar refractivity (Wildman–Crippen MR) is 46.8 cm³/mol. The van der Waals surface area contributed by atoms with Crippen molar-refractivity contribution < 1.29 is 9.84 Å². The summed E-state index contributed by atoms with van der Waals surface area (Å²) in [5.41, 5.74) is 1.13. The molecule has 1 unspecified atom stereocenters. The Morgan fingerprint density at radius 1 is 1.75 bits per heavy atom. The van der Waals surface area contributed by atoms with E-state index in [1.54, 1.807) is 0 Å². The van der Waals surface area contributed by atoms with E-state index in [0.717, 1.165) is 19.3 Å². The third-order valence-corrected chi connectivity index (χ3v) is 3.29. The Hall–Kier alpha value is -0.340. The summed E-state index contributed by atoms with van der Waals surface area (Å²) in [6.45, 7) is 6.24. The van der Waals surface area contributed by atoms with Crippen molar-refractivity contribution in [3.05, 3.63) is 12.2 Å². The van der Waals surface area contributed by atoms with Crippen molar-refractivity contribution in [3.8, 4) is 0 Å². The maximum atomic E-state index is 9.07. The van der Waals surface area contributed by atoms with Gasteiger partial charge in [0.15, 0.2) is 0 Å². The lowest BCUT2D eigenvalue weighted by Gasteiger charge is -2.23. The summed E-state index contributed by atoms with van der Waals surface area (Å²) >= 11 is 0. The lowest BCUT2D eigenvalue weighted by atomic mass is 9.79. The second-order valence-corrected chi connectivity index (χ2v) is 4.15. The van der Waals surface area contributed by atoms with E-state index < -0.39 is 0 Å². The van der Waals surface area contributed by atoms with Gasteiger partial charge < -0.3 is 9.84 Å². The van der Waals surface area contributed by atoms with Gasteiger partial charge in [0.25, 0.3) is 0 Å². The molecule has 0 aromatic carbocycles. The fourth-order valence-corrected chi connectivity index (χ4v) is 2.19. The molecule has 1 N–H and O–H groups in total. The summed E-state index contributed by atoms with van der Waals surface area (Å²) < 4.78 is 5.50. The van der Waals surface area contributed by atoms with Crippen molar-refractivity contribution in [1.82, 2.24) is 0 Å². The first-order valence-corrected chi connectivity index (χ1v) is 4.62. The first-order chi connectivity index (χ1) is 5.68. The molecule has 0 amide bonds. The van der Waals surface area contributed by atoms with Crippen molar-refractivity contribution in [1.29, 1.82) is 0 Å². The molecular weight excluding hydrogens is 152 g/mol. The highest BCUT2D eigenvalue weighted by Gasteiger charge is 2.58. The molecule has 1 aliphatic heterocycles. The number of ether oxygens (including phenoxy) is 1. The van der Waals surface area contributed by atoms with Gasteiger partial charge in [-0.2, -0.15) is 0 Å². The molecule has 0 bridgehead atoms. The van der Waals surface area contributed by atoms with E-state index in [1.807, 2.05) is 0 Å². The molecule has 1 heterocycles. The fraction of sp³-hybridized carbons (Fsp3) is 0.800. The molecule has 2 aliphatic rings. The van der Waals surface area contributed by atoms with Gasteiger partial charge in [-0.1, -0.05) is 12.2 Å². The number of allylic oxidation sites excluding steroid dienone is 1. The second kappa shape index (κ2) is 2.57. The molecule has 0 radical (unpaired) electrons. The summed E-state index contributed by atoms with van der Waals surface area (Å²) in [7, 11) is 0. The highest BCUT2D eigenvalue weighted by Crippen LogP contribution is 2.50. The smallest absolute Gasteiger partial charge is 0.118 e. The lowest BCUT2D eigenvalue weighted by Crippen LogP contribution is -2.27. The summed E-state index contributed by atoms with van der Waals surface area (Å²) in [5, 5.41) is 9.07. The molecule has 0 spiro atoms. The van der Waals surface area contributed by atoms with Crippen LogP contribution in [0.2, 0.25) is 0 Å². The van der Waals surface area contributed by atoms with Crippen LogP contribution in [0.15, 0.2) is 12.2 Å². The van der Waals surface area contributed by atoms with E-state index in [2.05, 4.69) is 13.5 Å². The zero-order chi connectivity index (χ0) is 8.77. The summed E-state index contributed by atoms with van der Waals surface area (Å²) in [6.07, 6.45) is 3.52. The maximum Gasteiger partial charge on any atom is 0.118 e. The van der Waals surface area contributed by atoms with Gasteiger partial charge in [-0.05, 0) is 32.1 Å². The van der Waals surface area contributed by atoms with Crippen LogP contribution in [-0.4, -0.2) is 23.4 Å². The average Bonchev–Trinajstić information content (AvgIpc) is 2.77. The molecule has 12 heavy (non-hydrogen) atoms. The number of epoxide rings is 1. The van der Waals surface area contributed by atoms with Crippen LogP contribution in [0.5, 0.6) is 0 Å². The molecule has 2 fully saturated rings. The topological polar surface area (TPSA) is 32.8 Å². The molecule has 2 rings (SSSR count). The minimum absolute atomic E-state index is 0.133. The molecule has 1 aliphatic carbocycles. The molecule has 2 nitrogen and oxygen atoms in total. The van der Waals surface area contributed by atoms with Gasteiger partial charge in [0.05, 0.1) is 12.7 Å². The summed E-state index contributed by atoms with van der Waals surface area (Å²) in [6, 6.07) is 0. The maximum absolute atomic E-state index is 9.07. The van der Waals surface area contributed by atoms with Crippen LogP contribution in [0.25, 0.3) is 0 Å². The average molecular weight is 168 g/mol. The number of aliphatic hydroxyl groups excluding tert-OH is 1. The molecule has 0 aromatic rings. The van der Waals surface area contributed by atoms with Gasteiger partial charge >= 0.3 is 0 Å².